The standard InChI is InChI=1S/C14H23NO2S/c1-3-15-14(13-9-6-5-7-10-13)11-8-12-18(16,17)4-2/h5-7,9-10,14-15H,3-4,8,11-12H2,1-2H3. The Hall–Kier alpha value is -0.870. The molecule has 3 nitrogen and oxygen atoms in total. The van der Waals surface area contributed by atoms with Crippen molar-refractivity contribution in [1.82, 2.24) is 5.32 Å². The Morgan fingerprint density at radius 1 is 1.17 bits per heavy atom. The SMILES string of the molecule is CCNC(CCCS(=O)(=O)CC)c1ccccc1. The van der Waals surface area contributed by atoms with Gasteiger partial charge in [-0.15, -0.1) is 0 Å². The fraction of sp³-hybridized carbons (Fsp3) is 0.571. The van der Waals surface area contributed by atoms with E-state index in [9.17, 15) is 8.42 Å². The Bertz CT molecular complexity index is 428. The van der Waals surface area contributed by atoms with E-state index in [1.54, 1.807) is 6.92 Å². The number of sulfone groups is 1. The maximum atomic E-state index is 11.5. The minimum absolute atomic E-state index is 0.240. The van der Waals surface area contributed by atoms with Crippen molar-refractivity contribution in [3.8, 4) is 0 Å². The Kier molecular flexibility index (Phi) is 6.36. The van der Waals surface area contributed by atoms with Crippen LogP contribution in [0.5, 0.6) is 0 Å². The van der Waals surface area contributed by atoms with Crippen molar-refractivity contribution in [2.24, 2.45) is 0 Å². The Morgan fingerprint density at radius 3 is 2.39 bits per heavy atom. The smallest absolute Gasteiger partial charge is 0.150 e. The van der Waals surface area contributed by atoms with Crippen molar-refractivity contribution >= 4 is 9.84 Å². The summed E-state index contributed by atoms with van der Waals surface area (Å²) >= 11 is 0. The summed E-state index contributed by atoms with van der Waals surface area (Å²) in [4.78, 5) is 0. The van der Waals surface area contributed by atoms with Crippen molar-refractivity contribution in [1.29, 1.82) is 0 Å². The second-order valence-corrected chi connectivity index (χ2v) is 6.87. The van der Waals surface area contributed by atoms with Crippen molar-refractivity contribution in [2.45, 2.75) is 32.7 Å². The highest BCUT2D eigenvalue weighted by molar-refractivity contribution is 7.91. The van der Waals surface area contributed by atoms with E-state index in [0.717, 1.165) is 13.0 Å². The molecule has 0 radical (unpaired) electrons. The lowest BCUT2D eigenvalue weighted by Crippen LogP contribution is -2.22. The van der Waals surface area contributed by atoms with E-state index < -0.39 is 9.84 Å². The fourth-order valence-electron chi connectivity index (χ4n) is 1.97. The van der Waals surface area contributed by atoms with Gasteiger partial charge in [0.2, 0.25) is 0 Å². The van der Waals surface area contributed by atoms with E-state index in [-0.39, 0.29) is 17.5 Å². The molecule has 0 fully saturated rings. The zero-order chi connectivity index (χ0) is 13.4. The van der Waals surface area contributed by atoms with Gasteiger partial charge in [-0.3, -0.25) is 0 Å². The molecule has 0 spiro atoms. The summed E-state index contributed by atoms with van der Waals surface area (Å²) in [6.07, 6.45) is 1.57. The molecule has 0 saturated carbocycles. The zero-order valence-corrected chi connectivity index (χ0v) is 12.0. The first kappa shape index (κ1) is 15.2. The molecule has 0 aliphatic rings. The highest BCUT2D eigenvalue weighted by atomic mass is 32.2. The lowest BCUT2D eigenvalue weighted by atomic mass is 10.0. The van der Waals surface area contributed by atoms with Crippen molar-refractivity contribution < 1.29 is 8.42 Å². The molecule has 0 aromatic heterocycles. The normalized spacial score (nSPS) is 13.4. The topological polar surface area (TPSA) is 46.2 Å². The van der Waals surface area contributed by atoms with Crippen LogP contribution >= 0.6 is 0 Å². The van der Waals surface area contributed by atoms with Gasteiger partial charge in [-0.2, -0.15) is 0 Å². The van der Waals surface area contributed by atoms with E-state index >= 15 is 0 Å². The van der Waals surface area contributed by atoms with E-state index in [1.807, 2.05) is 18.2 Å². The zero-order valence-electron chi connectivity index (χ0n) is 11.2. The van der Waals surface area contributed by atoms with E-state index in [0.29, 0.717) is 6.42 Å². The maximum absolute atomic E-state index is 11.5. The second-order valence-electron chi connectivity index (χ2n) is 4.40. The van der Waals surface area contributed by atoms with E-state index in [2.05, 4.69) is 24.4 Å². The molecular weight excluding hydrogens is 246 g/mol. The van der Waals surface area contributed by atoms with Gasteiger partial charge in [0.25, 0.3) is 0 Å². The predicted molar refractivity (Wildman–Crippen MR) is 76.4 cm³/mol. The first-order valence-electron chi connectivity index (χ1n) is 6.57. The van der Waals surface area contributed by atoms with Crippen LogP contribution in [-0.2, 0) is 9.84 Å². The van der Waals surface area contributed by atoms with Crippen LogP contribution in [0.4, 0.5) is 0 Å². The number of benzene rings is 1. The summed E-state index contributed by atoms with van der Waals surface area (Å²) < 4.78 is 22.9. The van der Waals surface area contributed by atoms with Crippen LogP contribution in [0.15, 0.2) is 30.3 Å². The fourth-order valence-corrected chi connectivity index (χ4v) is 2.87. The largest absolute Gasteiger partial charge is 0.310 e. The molecular formula is C14H23NO2S. The summed E-state index contributed by atoms with van der Waals surface area (Å²) in [5.74, 6) is 0.530. The van der Waals surface area contributed by atoms with Gasteiger partial charge in [0.1, 0.15) is 9.84 Å². The van der Waals surface area contributed by atoms with Gasteiger partial charge in [0.05, 0.1) is 5.75 Å². The Morgan fingerprint density at radius 2 is 1.83 bits per heavy atom. The molecule has 0 amide bonds. The molecule has 4 heteroatoms. The van der Waals surface area contributed by atoms with Gasteiger partial charge >= 0.3 is 0 Å². The van der Waals surface area contributed by atoms with Crippen LogP contribution in [-0.4, -0.2) is 26.5 Å². The lowest BCUT2D eigenvalue weighted by Gasteiger charge is -2.18. The van der Waals surface area contributed by atoms with Crippen molar-refractivity contribution in [3.63, 3.8) is 0 Å². The summed E-state index contributed by atoms with van der Waals surface area (Å²) in [5, 5.41) is 3.41. The summed E-state index contributed by atoms with van der Waals surface area (Å²) in [6, 6.07) is 10.4. The molecule has 0 aliphatic carbocycles. The van der Waals surface area contributed by atoms with Gasteiger partial charge < -0.3 is 5.32 Å². The molecule has 1 N–H and O–H groups in total. The average Bonchev–Trinajstić information content (AvgIpc) is 2.39. The maximum Gasteiger partial charge on any atom is 0.150 e. The number of hydrogen-bond donors (Lipinski definition) is 1. The number of nitrogens with one attached hydrogen (secondary N) is 1. The molecule has 0 bridgehead atoms. The first-order chi connectivity index (χ1) is 8.59. The van der Waals surface area contributed by atoms with E-state index in [4.69, 9.17) is 0 Å². The molecule has 1 aromatic carbocycles. The summed E-state index contributed by atoms with van der Waals surface area (Å²) in [6.45, 7) is 4.66. The molecule has 1 rings (SSSR count). The highest BCUT2D eigenvalue weighted by Gasteiger charge is 2.12. The molecule has 0 saturated heterocycles. The first-order valence-corrected chi connectivity index (χ1v) is 8.40. The van der Waals surface area contributed by atoms with Gasteiger partial charge in [0, 0.05) is 11.8 Å². The number of hydrogen-bond acceptors (Lipinski definition) is 3. The van der Waals surface area contributed by atoms with E-state index in [1.165, 1.54) is 5.56 Å². The lowest BCUT2D eigenvalue weighted by molar-refractivity contribution is 0.506. The van der Waals surface area contributed by atoms with Gasteiger partial charge in [0.15, 0.2) is 0 Å². The molecule has 102 valence electrons. The molecule has 18 heavy (non-hydrogen) atoms. The van der Waals surface area contributed by atoms with Gasteiger partial charge in [-0.25, -0.2) is 8.42 Å². The highest BCUT2D eigenvalue weighted by Crippen LogP contribution is 2.18. The molecule has 0 heterocycles. The summed E-state index contributed by atoms with van der Waals surface area (Å²) in [7, 11) is -2.84. The van der Waals surface area contributed by atoms with Crippen LogP contribution in [0.3, 0.4) is 0 Å². The van der Waals surface area contributed by atoms with Crippen LogP contribution in [0, 0.1) is 0 Å². The molecule has 0 aliphatic heterocycles. The molecule has 1 unspecified atom stereocenters. The monoisotopic (exact) mass is 269 g/mol. The second kappa shape index (κ2) is 7.54. The van der Waals surface area contributed by atoms with Crippen molar-refractivity contribution in [3.05, 3.63) is 35.9 Å². The third-order valence-corrected chi connectivity index (χ3v) is 4.83. The van der Waals surface area contributed by atoms with Crippen LogP contribution in [0.25, 0.3) is 0 Å². The quantitative estimate of drug-likeness (QED) is 0.789. The minimum Gasteiger partial charge on any atom is -0.310 e. The average molecular weight is 269 g/mol. The molecule has 1 atom stereocenters. The van der Waals surface area contributed by atoms with Gasteiger partial charge in [-0.1, -0.05) is 44.2 Å². The van der Waals surface area contributed by atoms with Crippen LogP contribution in [0.2, 0.25) is 0 Å². The molecule has 1 aromatic rings. The predicted octanol–water partition coefficient (Wildman–Crippen LogP) is 2.55. The minimum atomic E-state index is -2.84. The Balaban J connectivity index is 2.54. The third kappa shape index (κ3) is 5.19. The third-order valence-electron chi connectivity index (χ3n) is 3.04. The summed E-state index contributed by atoms with van der Waals surface area (Å²) in [5.41, 5.74) is 1.23. The van der Waals surface area contributed by atoms with Gasteiger partial charge in [-0.05, 0) is 24.9 Å². The number of rotatable bonds is 8. The van der Waals surface area contributed by atoms with Crippen LogP contribution in [0.1, 0.15) is 38.3 Å². The van der Waals surface area contributed by atoms with Crippen molar-refractivity contribution in [2.75, 3.05) is 18.1 Å². The van der Waals surface area contributed by atoms with Crippen LogP contribution < -0.4 is 5.32 Å². The Labute approximate surface area is 111 Å².